The zero-order valence-corrected chi connectivity index (χ0v) is 15.4. The van der Waals surface area contributed by atoms with E-state index < -0.39 is 5.97 Å². The molecule has 3 aromatic carbocycles. The number of rotatable bonds is 7. The quantitative estimate of drug-likeness (QED) is 0.492. The van der Waals surface area contributed by atoms with Crippen LogP contribution in [0.2, 0.25) is 0 Å². The highest BCUT2D eigenvalue weighted by atomic mass is 16.5. The van der Waals surface area contributed by atoms with Crippen molar-refractivity contribution in [1.29, 1.82) is 0 Å². The molecule has 0 saturated heterocycles. The summed E-state index contributed by atoms with van der Waals surface area (Å²) in [6.45, 7) is -0.336. The van der Waals surface area contributed by atoms with E-state index >= 15 is 0 Å². The van der Waals surface area contributed by atoms with E-state index in [1.807, 2.05) is 84.9 Å². The molecule has 140 valence electrons. The Morgan fingerprint density at radius 3 is 2.21 bits per heavy atom. The minimum Gasteiger partial charge on any atom is -0.452 e. The number of carbonyl (C=O) groups is 2. The van der Waals surface area contributed by atoms with Crippen molar-refractivity contribution in [2.75, 3.05) is 11.9 Å². The second kappa shape index (κ2) is 9.88. The Labute approximate surface area is 164 Å². The Morgan fingerprint density at radius 2 is 1.46 bits per heavy atom. The zero-order chi connectivity index (χ0) is 19.6. The lowest BCUT2D eigenvalue weighted by Crippen LogP contribution is -2.20. The summed E-state index contributed by atoms with van der Waals surface area (Å²) in [5.41, 5.74) is 3.75. The molecule has 0 fully saturated rings. The van der Waals surface area contributed by atoms with Crippen LogP contribution in [0.1, 0.15) is 16.7 Å². The lowest BCUT2D eigenvalue weighted by atomic mass is 10.0. The summed E-state index contributed by atoms with van der Waals surface area (Å²) < 4.78 is 5.02. The number of nitrogens with one attached hydrogen (secondary N) is 1. The Hall–Kier alpha value is -3.66. The van der Waals surface area contributed by atoms with Crippen LogP contribution in [0.5, 0.6) is 0 Å². The maximum absolute atomic E-state index is 12.2. The molecule has 0 unspecified atom stereocenters. The van der Waals surface area contributed by atoms with Gasteiger partial charge >= 0.3 is 5.97 Å². The monoisotopic (exact) mass is 371 g/mol. The van der Waals surface area contributed by atoms with E-state index in [2.05, 4.69) is 5.32 Å². The highest BCUT2D eigenvalue weighted by molar-refractivity contribution is 5.95. The first kappa shape index (κ1) is 19.1. The zero-order valence-electron chi connectivity index (χ0n) is 15.4. The lowest BCUT2D eigenvalue weighted by molar-refractivity contribution is -0.142. The topological polar surface area (TPSA) is 55.4 Å². The average molecular weight is 371 g/mol. The molecule has 4 heteroatoms. The van der Waals surface area contributed by atoms with Crippen molar-refractivity contribution >= 4 is 23.6 Å². The Balaban J connectivity index is 1.53. The predicted molar refractivity (Wildman–Crippen MR) is 111 cm³/mol. The fourth-order valence-corrected chi connectivity index (χ4v) is 2.71. The van der Waals surface area contributed by atoms with E-state index in [9.17, 15) is 9.59 Å². The van der Waals surface area contributed by atoms with Gasteiger partial charge in [0.25, 0.3) is 5.91 Å². The number of ether oxygens (including phenoxy) is 1. The van der Waals surface area contributed by atoms with Crippen molar-refractivity contribution in [1.82, 2.24) is 0 Å². The molecule has 0 saturated carbocycles. The molecule has 0 aliphatic carbocycles. The van der Waals surface area contributed by atoms with Gasteiger partial charge in [-0.3, -0.25) is 4.79 Å². The minimum absolute atomic E-state index is 0.336. The van der Waals surface area contributed by atoms with Crippen LogP contribution < -0.4 is 5.32 Å². The standard InChI is InChI=1S/C24H21NO3/c26-23(18-28-24(27)16-15-19-9-3-1-4-10-19)25-22-14-8-7-13-21(22)17-20-11-5-2-6-12-20/h1-16H,17-18H2,(H,25,26)/b16-15+. The lowest BCUT2D eigenvalue weighted by Gasteiger charge is -2.11. The predicted octanol–water partition coefficient (Wildman–Crippen LogP) is 4.47. The van der Waals surface area contributed by atoms with Gasteiger partial charge in [0.1, 0.15) is 0 Å². The molecule has 0 aliphatic heterocycles. The van der Waals surface area contributed by atoms with Crippen molar-refractivity contribution in [3.05, 3.63) is 108 Å². The Kier molecular flexibility index (Phi) is 6.74. The summed E-state index contributed by atoms with van der Waals surface area (Å²) in [4.78, 5) is 24.0. The third-order valence-electron chi connectivity index (χ3n) is 4.09. The van der Waals surface area contributed by atoms with Crippen molar-refractivity contribution < 1.29 is 14.3 Å². The summed E-state index contributed by atoms with van der Waals surface area (Å²) in [6.07, 6.45) is 3.66. The van der Waals surface area contributed by atoms with Crippen LogP contribution in [0.25, 0.3) is 6.08 Å². The van der Waals surface area contributed by atoms with Crippen LogP contribution in [0.4, 0.5) is 5.69 Å². The number of para-hydroxylation sites is 1. The van der Waals surface area contributed by atoms with Crippen LogP contribution in [0, 0.1) is 0 Å². The van der Waals surface area contributed by atoms with Gasteiger partial charge in [0.15, 0.2) is 6.61 Å². The van der Waals surface area contributed by atoms with Crippen LogP contribution >= 0.6 is 0 Å². The van der Waals surface area contributed by atoms with E-state index in [1.54, 1.807) is 6.08 Å². The summed E-state index contributed by atoms with van der Waals surface area (Å²) in [5, 5.41) is 2.82. The van der Waals surface area contributed by atoms with E-state index in [0.717, 1.165) is 16.7 Å². The van der Waals surface area contributed by atoms with Gasteiger partial charge in [-0.25, -0.2) is 4.79 Å². The molecule has 3 aromatic rings. The number of carbonyl (C=O) groups excluding carboxylic acids is 2. The van der Waals surface area contributed by atoms with Crippen molar-refractivity contribution in [2.24, 2.45) is 0 Å². The molecule has 28 heavy (non-hydrogen) atoms. The van der Waals surface area contributed by atoms with Gasteiger partial charge in [-0.15, -0.1) is 0 Å². The Bertz CT molecular complexity index is 950. The molecular formula is C24H21NO3. The number of benzene rings is 3. The number of hydrogen-bond donors (Lipinski definition) is 1. The van der Waals surface area contributed by atoms with Gasteiger partial charge in [0, 0.05) is 11.8 Å². The molecule has 1 N–H and O–H groups in total. The van der Waals surface area contributed by atoms with E-state index in [-0.39, 0.29) is 12.5 Å². The van der Waals surface area contributed by atoms with Crippen LogP contribution in [-0.4, -0.2) is 18.5 Å². The van der Waals surface area contributed by atoms with Gasteiger partial charge in [-0.1, -0.05) is 78.9 Å². The molecule has 0 bridgehead atoms. The molecule has 4 nitrogen and oxygen atoms in total. The number of esters is 1. The maximum Gasteiger partial charge on any atom is 0.331 e. The first-order valence-corrected chi connectivity index (χ1v) is 9.02. The number of amides is 1. The van der Waals surface area contributed by atoms with Gasteiger partial charge in [0.2, 0.25) is 0 Å². The molecule has 0 heterocycles. The maximum atomic E-state index is 12.2. The van der Waals surface area contributed by atoms with Gasteiger partial charge in [-0.2, -0.15) is 0 Å². The third kappa shape index (κ3) is 5.95. The van der Waals surface area contributed by atoms with Crippen molar-refractivity contribution in [2.45, 2.75) is 6.42 Å². The molecule has 0 atom stereocenters. The first-order chi connectivity index (χ1) is 13.7. The molecule has 0 spiro atoms. The van der Waals surface area contributed by atoms with Crippen LogP contribution in [-0.2, 0) is 20.7 Å². The normalized spacial score (nSPS) is 10.6. The second-order valence-electron chi connectivity index (χ2n) is 6.22. The van der Waals surface area contributed by atoms with Crippen LogP contribution in [0.3, 0.4) is 0 Å². The summed E-state index contributed by atoms with van der Waals surface area (Å²) in [6, 6.07) is 27.0. The summed E-state index contributed by atoms with van der Waals surface area (Å²) in [7, 11) is 0. The molecule has 0 aliphatic rings. The smallest absolute Gasteiger partial charge is 0.331 e. The van der Waals surface area contributed by atoms with E-state index in [1.165, 1.54) is 6.08 Å². The van der Waals surface area contributed by atoms with Crippen LogP contribution in [0.15, 0.2) is 91.0 Å². The summed E-state index contributed by atoms with van der Waals surface area (Å²) >= 11 is 0. The highest BCUT2D eigenvalue weighted by Gasteiger charge is 2.09. The summed E-state index contributed by atoms with van der Waals surface area (Å²) in [5.74, 6) is -0.932. The van der Waals surface area contributed by atoms with Gasteiger partial charge in [0.05, 0.1) is 0 Å². The molecule has 0 aromatic heterocycles. The van der Waals surface area contributed by atoms with Gasteiger partial charge in [-0.05, 0) is 35.3 Å². The fourth-order valence-electron chi connectivity index (χ4n) is 2.71. The fraction of sp³-hybridized carbons (Fsp3) is 0.0833. The SMILES string of the molecule is O=C(COC(=O)/C=C/c1ccccc1)Nc1ccccc1Cc1ccccc1. The average Bonchev–Trinajstić information content (AvgIpc) is 2.74. The van der Waals surface area contributed by atoms with Crippen molar-refractivity contribution in [3.63, 3.8) is 0 Å². The molecule has 1 amide bonds. The second-order valence-corrected chi connectivity index (χ2v) is 6.22. The molecular weight excluding hydrogens is 350 g/mol. The highest BCUT2D eigenvalue weighted by Crippen LogP contribution is 2.19. The number of hydrogen-bond acceptors (Lipinski definition) is 3. The van der Waals surface area contributed by atoms with Gasteiger partial charge < -0.3 is 10.1 Å². The first-order valence-electron chi connectivity index (χ1n) is 9.02. The van der Waals surface area contributed by atoms with Crippen molar-refractivity contribution in [3.8, 4) is 0 Å². The Morgan fingerprint density at radius 1 is 0.821 bits per heavy atom. The minimum atomic E-state index is -0.559. The third-order valence-corrected chi connectivity index (χ3v) is 4.09. The number of anilines is 1. The molecule has 3 rings (SSSR count). The largest absolute Gasteiger partial charge is 0.452 e. The van der Waals surface area contributed by atoms with E-state index in [4.69, 9.17) is 4.74 Å². The molecule has 0 radical (unpaired) electrons. The van der Waals surface area contributed by atoms with E-state index in [0.29, 0.717) is 12.1 Å².